The summed E-state index contributed by atoms with van der Waals surface area (Å²) < 4.78 is 10.6. The number of ether oxygens (including phenoxy) is 2. The van der Waals surface area contributed by atoms with E-state index in [0.717, 1.165) is 22.4 Å². The Bertz CT molecular complexity index is 735. The molecule has 0 aliphatic carbocycles. The number of carbonyl (C=O) groups is 1. The minimum absolute atomic E-state index is 0.193. The predicted molar refractivity (Wildman–Crippen MR) is 93.1 cm³/mol. The number of rotatable bonds is 5. The van der Waals surface area contributed by atoms with Crippen molar-refractivity contribution in [3.05, 3.63) is 59.2 Å². The number of amides is 1. The molecule has 0 aromatic heterocycles. The molecule has 0 radical (unpaired) electrons. The van der Waals surface area contributed by atoms with Crippen molar-refractivity contribution in [2.75, 3.05) is 19.5 Å². The third-order valence-electron chi connectivity index (χ3n) is 3.49. The van der Waals surface area contributed by atoms with Gasteiger partial charge in [0.1, 0.15) is 0 Å². The zero-order valence-electron chi connectivity index (χ0n) is 13.8. The normalized spacial score (nSPS) is 10.6. The predicted octanol–water partition coefficient (Wildman–Crippen LogP) is 3.97. The van der Waals surface area contributed by atoms with Crippen LogP contribution in [0.4, 0.5) is 5.69 Å². The monoisotopic (exact) mass is 311 g/mol. The molecule has 0 saturated heterocycles. The number of hydrogen-bond acceptors (Lipinski definition) is 3. The van der Waals surface area contributed by atoms with Crippen LogP contribution >= 0.6 is 0 Å². The lowest BCUT2D eigenvalue weighted by molar-refractivity contribution is -0.111. The van der Waals surface area contributed by atoms with Crippen LogP contribution in [-0.2, 0) is 4.79 Å². The zero-order valence-corrected chi connectivity index (χ0v) is 13.8. The molecule has 1 amide bonds. The number of para-hydroxylation sites is 1. The highest BCUT2D eigenvalue weighted by Crippen LogP contribution is 2.31. The number of anilines is 1. The van der Waals surface area contributed by atoms with Crippen molar-refractivity contribution in [3.63, 3.8) is 0 Å². The standard InChI is InChI=1S/C19H21NO3/c1-13-8-10-16(14(2)12-13)20-18(21)11-9-15-6-5-7-17(22-3)19(15)23-4/h5-12H,1-4H3,(H,20,21). The lowest BCUT2D eigenvalue weighted by atomic mass is 10.1. The van der Waals surface area contributed by atoms with Crippen LogP contribution in [-0.4, -0.2) is 20.1 Å². The molecule has 0 aliphatic heterocycles. The molecule has 0 aliphatic rings. The Kier molecular flexibility index (Phi) is 5.41. The summed E-state index contributed by atoms with van der Waals surface area (Å²) >= 11 is 0. The third-order valence-corrected chi connectivity index (χ3v) is 3.49. The summed E-state index contributed by atoms with van der Waals surface area (Å²) in [4.78, 5) is 12.1. The van der Waals surface area contributed by atoms with Crippen LogP contribution in [0.2, 0.25) is 0 Å². The second-order valence-corrected chi connectivity index (χ2v) is 5.22. The Morgan fingerprint density at radius 2 is 1.87 bits per heavy atom. The Morgan fingerprint density at radius 1 is 1.09 bits per heavy atom. The number of nitrogens with one attached hydrogen (secondary N) is 1. The van der Waals surface area contributed by atoms with Gasteiger partial charge in [-0.3, -0.25) is 4.79 Å². The van der Waals surface area contributed by atoms with Gasteiger partial charge in [-0.25, -0.2) is 0 Å². The van der Waals surface area contributed by atoms with Crippen molar-refractivity contribution in [3.8, 4) is 11.5 Å². The number of methoxy groups -OCH3 is 2. The topological polar surface area (TPSA) is 47.6 Å². The summed E-state index contributed by atoms with van der Waals surface area (Å²) in [5, 5.41) is 2.88. The van der Waals surface area contributed by atoms with Crippen molar-refractivity contribution in [1.82, 2.24) is 0 Å². The smallest absolute Gasteiger partial charge is 0.248 e. The first-order chi connectivity index (χ1) is 11.0. The fourth-order valence-corrected chi connectivity index (χ4v) is 2.34. The Balaban J connectivity index is 2.15. The Hall–Kier alpha value is -2.75. The molecule has 0 fully saturated rings. The largest absolute Gasteiger partial charge is 0.493 e. The van der Waals surface area contributed by atoms with Gasteiger partial charge in [0.2, 0.25) is 5.91 Å². The van der Waals surface area contributed by atoms with E-state index in [-0.39, 0.29) is 5.91 Å². The molecule has 1 N–H and O–H groups in total. The van der Waals surface area contributed by atoms with E-state index in [1.165, 1.54) is 6.08 Å². The van der Waals surface area contributed by atoms with E-state index in [1.54, 1.807) is 20.3 Å². The summed E-state index contributed by atoms with van der Waals surface area (Å²) in [6.45, 7) is 3.99. The van der Waals surface area contributed by atoms with Gasteiger partial charge in [-0.05, 0) is 37.6 Å². The first-order valence-electron chi connectivity index (χ1n) is 7.32. The minimum Gasteiger partial charge on any atom is -0.493 e. The summed E-state index contributed by atoms with van der Waals surface area (Å²) in [5.74, 6) is 1.04. The second-order valence-electron chi connectivity index (χ2n) is 5.22. The number of hydrogen-bond donors (Lipinski definition) is 1. The van der Waals surface area contributed by atoms with Crippen LogP contribution in [0, 0.1) is 13.8 Å². The molecule has 2 aromatic carbocycles. The molecule has 0 spiro atoms. The zero-order chi connectivity index (χ0) is 16.8. The first-order valence-corrected chi connectivity index (χ1v) is 7.32. The lowest BCUT2D eigenvalue weighted by Gasteiger charge is -2.10. The van der Waals surface area contributed by atoms with E-state index < -0.39 is 0 Å². The van der Waals surface area contributed by atoms with Gasteiger partial charge in [0, 0.05) is 17.3 Å². The molecule has 120 valence electrons. The number of benzene rings is 2. The van der Waals surface area contributed by atoms with E-state index in [0.29, 0.717) is 11.5 Å². The van der Waals surface area contributed by atoms with Crippen molar-refractivity contribution in [2.24, 2.45) is 0 Å². The highest BCUT2D eigenvalue weighted by atomic mass is 16.5. The average Bonchev–Trinajstić information content (AvgIpc) is 2.55. The molecular weight excluding hydrogens is 290 g/mol. The van der Waals surface area contributed by atoms with Crippen LogP contribution in [0.3, 0.4) is 0 Å². The highest BCUT2D eigenvalue weighted by molar-refractivity contribution is 6.02. The van der Waals surface area contributed by atoms with Crippen LogP contribution in [0.25, 0.3) is 6.08 Å². The maximum absolute atomic E-state index is 12.1. The van der Waals surface area contributed by atoms with Gasteiger partial charge in [-0.2, -0.15) is 0 Å². The second kappa shape index (κ2) is 7.49. The summed E-state index contributed by atoms with van der Waals surface area (Å²) in [5.41, 5.74) is 3.79. The summed E-state index contributed by atoms with van der Waals surface area (Å²) in [6, 6.07) is 11.4. The van der Waals surface area contributed by atoms with Gasteiger partial charge >= 0.3 is 0 Å². The van der Waals surface area contributed by atoms with Crippen LogP contribution < -0.4 is 14.8 Å². The molecule has 0 saturated carbocycles. The van der Waals surface area contributed by atoms with E-state index in [2.05, 4.69) is 5.32 Å². The quantitative estimate of drug-likeness (QED) is 0.850. The number of aryl methyl sites for hydroxylation is 2. The molecule has 4 nitrogen and oxygen atoms in total. The molecular formula is C19H21NO3. The fraction of sp³-hybridized carbons (Fsp3) is 0.211. The maximum atomic E-state index is 12.1. The highest BCUT2D eigenvalue weighted by Gasteiger charge is 2.07. The van der Waals surface area contributed by atoms with Crippen molar-refractivity contribution >= 4 is 17.7 Å². The van der Waals surface area contributed by atoms with Crippen molar-refractivity contribution in [1.29, 1.82) is 0 Å². The average molecular weight is 311 g/mol. The van der Waals surface area contributed by atoms with Gasteiger partial charge in [-0.15, -0.1) is 0 Å². The van der Waals surface area contributed by atoms with Gasteiger partial charge < -0.3 is 14.8 Å². The van der Waals surface area contributed by atoms with Crippen molar-refractivity contribution in [2.45, 2.75) is 13.8 Å². The molecule has 0 unspecified atom stereocenters. The molecule has 2 rings (SSSR count). The van der Waals surface area contributed by atoms with Crippen LogP contribution in [0.1, 0.15) is 16.7 Å². The van der Waals surface area contributed by atoms with E-state index >= 15 is 0 Å². The van der Waals surface area contributed by atoms with Crippen LogP contribution in [0.15, 0.2) is 42.5 Å². The van der Waals surface area contributed by atoms with Crippen LogP contribution in [0.5, 0.6) is 11.5 Å². The molecule has 0 bridgehead atoms. The molecule has 0 heterocycles. The Morgan fingerprint density at radius 3 is 2.52 bits per heavy atom. The van der Waals surface area contributed by atoms with Gasteiger partial charge in [0.15, 0.2) is 11.5 Å². The SMILES string of the molecule is COc1cccc(C=CC(=O)Nc2ccc(C)cc2C)c1OC. The van der Waals surface area contributed by atoms with E-state index in [9.17, 15) is 4.79 Å². The van der Waals surface area contributed by atoms with E-state index in [4.69, 9.17) is 9.47 Å². The van der Waals surface area contributed by atoms with Gasteiger partial charge in [0.05, 0.1) is 14.2 Å². The van der Waals surface area contributed by atoms with Gasteiger partial charge in [0.25, 0.3) is 0 Å². The molecule has 0 atom stereocenters. The first kappa shape index (κ1) is 16.6. The molecule has 2 aromatic rings. The molecule has 23 heavy (non-hydrogen) atoms. The summed E-state index contributed by atoms with van der Waals surface area (Å²) in [7, 11) is 3.16. The third kappa shape index (κ3) is 4.13. The van der Waals surface area contributed by atoms with Crippen molar-refractivity contribution < 1.29 is 14.3 Å². The number of carbonyl (C=O) groups excluding carboxylic acids is 1. The fourth-order valence-electron chi connectivity index (χ4n) is 2.34. The van der Waals surface area contributed by atoms with Gasteiger partial charge in [-0.1, -0.05) is 29.8 Å². The maximum Gasteiger partial charge on any atom is 0.248 e. The minimum atomic E-state index is -0.193. The Labute approximate surface area is 136 Å². The molecule has 4 heteroatoms. The summed E-state index contributed by atoms with van der Waals surface area (Å²) in [6.07, 6.45) is 3.19. The lowest BCUT2D eigenvalue weighted by Crippen LogP contribution is -2.09. The van der Waals surface area contributed by atoms with E-state index in [1.807, 2.05) is 50.2 Å².